The fourth-order valence-electron chi connectivity index (χ4n) is 9.87. The number of halogens is 3. The van der Waals surface area contributed by atoms with E-state index in [0.717, 1.165) is 31.4 Å². The van der Waals surface area contributed by atoms with Gasteiger partial charge in [0.25, 0.3) is 0 Å². The number of benzene rings is 2. The molecule has 0 N–H and O–H groups in total. The monoisotopic (exact) mass is 848 g/mol. The molecule has 4 saturated heterocycles. The van der Waals surface area contributed by atoms with Crippen molar-refractivity contribution >= 4 is 45.6 Å². The minimum atomic E-state index is -0.833. The quantitative estimate of drug-likeness (QED) is 0.231. The zero-order valence-corrected chi connectivity index (χ0v) is 34.3. The first kappa shape index (κ1) is 38.5. The molecule has 4 aromatic heterocycles. The highest BCUT2D eigenvalue weighted by molar-refractivity contribution is 5.94. The maximum Gasteiger partial charge on any atom is 0.317 e. The average molecular weight is 849 g/mol. The number of carbonyl (C=O) groups excluding carboxylic acids is 2. The zero-order chi connectivity index (χ0) is 42.6. The van der Waals surface area contributed by atoms with Crippen molar-refractivity contribution in [3.63, 3.8) is 0 Å². The van der Waals surface area contributed by atoms with Gasteiger partial charge in [-0.25, -0.2) is 27.8 Å². The van der Waals surface area contributed by atoms with E-state index in [0.29, 0.717) is 71.4 Å². The van der Waals surface area contributed by atoms with Crippen LogP contribution in [0.1, 0.15) is 44.9 Å². The van der Waals surface area contributed by atoms with Crippen molar-refractivity contribution in [1.82, 2.24) is 49.1 Å². The molecule has 6 aliphatic rings. The molecule has 5 fully saturated rings. The Hall–Kier alpha value is -6.37. The lowest BCUT2D eigenvalue weighted by molar-refractivity contribution is -0.133. The van der Waals surface area contributed by atoms with Crippen LogP contribution >= 0.6 is 0 Å². The van der Waals surface area contributed by atoms with Gasteiger partial charge in [0.2, 0.25) is 17.8 Å². The summed E-state index contributed by atoms with van der Waals surface area (Å²) in [4.78, 5) is 60.0. The predicted octanol–water partition coefficient (Wildman–Crippen LogP) is 4.59. The Morgan fingerprint density at radius 2 is 1.74 bits per heavy atom. The van der Waals surface area contributed by atoms with E-state index in [1.807, 2.05) is 28.2 Å². The second-order valence-electron chi connectivity index (χ2n) is 16.9. The number of carbonyl (C=O) groups is 2. The Bertz CT molecular complexity index is 2800. The van der Waals surface area contributed by atoms with Gasteiger partial charge in [-0.3, -0.25) is 9.59 Å². The van der Waals surface area contributed by atoms with Gasteiger partial charge in [0, 0.05) is 75.6 Å². The summed E-state index contributed by atoms with van der Waals surface area (Å²) in [6.45, 7) is 5.33. The predicted molar refractivity (Wildman–Crippen MR) is 219 cm³/mol. The van der Waals surface area contributed by atoms with Crippen molar-refractivity contribution in [2.45, 2.75) is 88.9 Å². The molecule has 0 unspecified atom stereocenters. The van der Waals surface area contributed by atoms with Crippen LogP contribution in [0.2, 0.25) is 0 Å². The van der Waals surface area contributed by atoms with Crippen LogP contribution in [-0.2, 0) is 20.9 Å². The van der Waals surface area contributed by atoms with Crippen LogP contribution in [0.5, 0.6) is 6.01 Å². The van der Waals surface area contributed by atoms with Gasteiger partial charge < -0.3 is 33.6 Å². The minimum absolute atomic E-state index is 0.0181. The van der Waals surface area contributed by atoms with Crippen LogP contribution in [-0.4, -0.2) is 131 Å². The van der Waals surface area contributed by atoms with E-state index in [2.05, 4.69) is 20.0 Å². The van der Waals surface area contributed by atoms with E-state index in [1.54, 1.807) is 24.2 Å². The molecule has 1 aliphatic carbocycles. The van der Waals surface area contributed by atoms with E-state index in [1.165, 1.54) is 29.1 Å². The molecule has 9 heterocycles. The van der Waals surface area contributed by atoms with Gasteiger partial charge in [0.1, 0.15) is 41.1 Å². The molecule has 19 heteroatoms. The number of anilines is 2. The molecule has 16 nitrogen and oxygen atoms in total. The Morgan fingerprint density at radius 3 is 2.55 bits per heavy atom. The second kappa shape index (κ2) is 14.6. The molecule has 62 heavy (non-hydrogen) atoms. The van der Waals surface area contributed by atoms with Gasteiger partial charge in [0.05, 0.1) is 53.5 Å². The van der Waals surface area contributed by atoms with E-state index in [4.69, 9.17) is 24.4 Å². The number of imidazole rings is 1. The first-order chi connectivity index (χ1) is 30.0. The first-order valence-electron chi connectivity index (χ1n) is 21.1. The summed E-state index contributed by atoms with van der Waals surface area (Å²) in [6.07, 6.45) is 5.24. The number of fused-ring (bicyclic) bond motifs is 9. The first-order valence-corrected chi connectivity index (χ1v) is 21.1. The van der Waals surface area contributed by atoms with Crippen LogP contribution in [0.25, 0.3) is 39.0 Å². The molecular weight excluding hydrogens is 806 g/mol. The van der Waals surface area contributed by atoms with Gasteiger partial charge >= 0.3 is 6.01 Å². The normalized spacial score (nSPS) is 24.0. The van der Waals surface area contributed by atoms with Gasteiger partial charge in [-0.05, 0) is 57.4 Å². The van der Waals surface area contributed by atoms with Crippen molar-refractivity contribution in [1.29, 1.82) is 0 Å². The molecule has 6 bridgehead atoms. The van der Waals surface area contributed by atoms with E-state index < -0.39 is 35.7 Å². The van der Waals surface area contributed by atoms with Crippen LogP contribution in [0, 0.1) is 24.4 Å². The molecule has 1 saturated carbocycles. The highest BCUT2D eigenvalue weighted by Crippen LogP contribution is 2.42. The molecule has 6 aromatic rings. The molecule has 5 atom stereocenters. The van der Waals surface area contributed by atoms with Gasteiger partial charge in [-0.2, -0.15) is 20.1 Å². The maximum absolute atomic E-state index is 15.5. The number of hydrogen-bond acceptors (Lipinski definition) is 12. The summed E-state index contributed by atoms with van der Waals surface area (Å²) >= 11 is 0. The lowest BCUT2D eigenvalue weighted by Crippen LogP contribution is -2.58. The summed E-state index contributed by atoms with van der Waals surface area (Å²) in [5.74, 6) is -0.843. The smallest absolute Gasteiger partial charge is 0.317 e. The molecule has 12 rings (SSSR count). The van der Waals surface area contributed by atoms with Crippen LogP contribution in [0.3, 0.4) is 0 Å². The molecule has 0 spiro atoms. The van der Waals surface area contributed by atoms with E-state index in [9.17, 15) is 14.0 Å². The summed E-state index contributed by atoms with van der Waals surface area (Å²) in [5, 5.41) is 4.98. The van der Waals surface area contributed by atoms with Crippen LogP contribution < -0.4 is 14.5 Å². The summed E-state index contributed by atoms with van der Waals surface area (Å²) in [5.41, 5.74) is 2.30. The number of hydrogen-bond donors (Lipinski definition) is 0. The Labute approximate surface area is 353 Å². The van der Waals surface area contributed by atoms with Crippen molar-refractivity contribution in [3.8, 4) is 23.0 Å². The number of aromatic nitrogens is 8. The third-order valence-corrected chi connectivity index (χ3v) is 12.9. The maximum atomic E-state index is 15.5. The Kier molecular flexibility index (Phi) is 9.10. The summed E-state index contributed by atoms with van der Waals surface area (Å²) in [7, 11) is 1.73. The van der Waals surface area contributed by atoms with Crippen LogP contribution in [0.4, 0.5) is 24.9 Å². The third-order valence-electron chi connectivity index (χ3n) is 12.9. The molecule has 2 amide bonds. The second-order valence-corrected chi connectivity index (χ2v) is 16.9. The fraction of sp³-hybridized carbons (Fsp3) is 0.442. The highest BCUT2D eigenvalue weighted by atomic mass is 19.1. The molecule has 2 aromatic carbocycles. The number of amides is 2. The zero-order valence-electron chi connectivity index (χ0n) is 34.3. The lowest BCUT2D eigenvalue weighted by atomic mass is 9.92. The topological polar surface area (TPSA) is 153 Å². The van der Waals surface area contributed by atoms with E-state index >= 15 is 8.78 Å². The standard InChI is InChI=1S/C43H43F3N12O4/c1-4-61-29-19-53(3)41(60)36-16-28(62-43-47-10-9-33(50-43)30-11-24(45)13-34-38(30)54(21-29)22(2)49-34)20-56(36)39-31-17-48-58(35-8-5-23(44)12-32(35)46)40(31)52-42(51-39)57-26-14-27(57)18-55(25-6-7-25)37(59)15-26/h5,8-13,17,25-29,36H,4,6-7,14-16,18-21H2,1-3H3/t26-,27+,28+,29+,36+/m1/s1. The number of rotatable bonds is 6. The van der Waals surface area contributed by atoms with Gasteiger partial charge in [0.15, 0.2) is 11.5 Å². The Morgan fingerprint density at radius 1 is 0.887 bits per heavy atom. The van der Waals surface area contributed by atoms with E-state index in [-0.39, 0.29) is 66.8 Å². The molecule has 320 valence electrons. The van der Waals surface area contributed by atoms with Crippen LogP contribution in [0.15, 0.2) is 48.8 Å². The number of nitrogens with zero attached hydrogens (tertiary/aromatic N) is 12. The lowest BCUT2D eigenvalue weighted by Gasteiger charge is -2.47. The van der Waals surface area contributed by atoms with Crippen molar-refractivity contribution in [2.24, 2.45) is 0 Å². The van der Waals surface area contributed by atoms with Gasteiger partial charge in [-0.15, -0.1) is 0 Å². The van der Waals surface area contributed by atoms with Crippen molar-refractivity contribution in [3.05, 3.63) is 72.1 Å². The third kappa shape index (κ3) is 6.46. The molecule has 0 radical (unpaired) electrons. The SMILES string of the molecule is CCO[C@H]1CN(C)C(=O)[C@@H]2C[C@@H](CN2c2nc(N3[C@H]4CC(=O)N(C5CC5)C[C@@H]3C4)nc3c2cnn3-c2ccc(F)cc2F)Oc2nccc(n2)-c2cc(F)cc3nc(C)n(c23)C1. The van der Waals surface area contributed by atoms with Crippen molar-refractivity contribution < 1.29 is 32.2 Å². The Balaban J connectivity index is 1.04. The summed E-state index contributed by atoms with van der Waals surface area (Å²) in [6, 6.07) is 7.01. The average Bonchev–Trinajstić information content (AvgIpc) is 3.83. The number of likely N-dealkylation sites (N-methyl/N-ethyl adjacent to an activating group) is 1. The largest absolute Gasteiger partial charge is 0.458 e. The van der Waals surface area contributed by atoms with Crippen molar-refractivity contribution in [2.75, 3.05) is 43.1 Å². The highest BCUT2D eigenvalue weighted by Gasteiger charge is 2.50. The summed E-state index contributed by atoms with van der Waals surface area (Å²) < 4.78 is 60.9. The number of aryl methyl sites for hydroxylation is 1. The number of ether oxygens (including phenoxy) is 2. The molecular formula is C43H43F3N12O4. The van der Waals surface area contributed by atoms with Gasteiger partial charge in [-0.1, -0.05) is 0 Å². The molecule has 5 aliphatic heterocycles. The minimum Gasteiger partial charge on any atom is -0.458 e. The fourth-order valence-corrected chi connectivity index (χ4v) is 9.87.